The maximum atomic E-state index is 11.6. The lowest BCUT2D eigenvalue weighted by Gasteiger charge is -2.13. The minimum Gasteiger partial charge on any atom is -0.354 e. The molecule has 0 saturated carbocycles. The Morgan fingerprint density at radius 1 is 1.65 bits per heavy atom. The second kappa shape index (κ2) is 6.43. The van der Waals surface area contributed by atoms with E-state index in [2.05, 4.69) is 20.6 Å². The zero-order valence-electron chi connectivity index (χ0n) is 9.90. The molecule has 1 amide bonds. The number of amides is 1. The molecule has 6 heteroatoms. The summed E-state index contributed by atoms with van der Waals surface area (Å²) in [6, 6.07) is 2.98. The fraction of sp³-hybridized carbons (Fsp3) is 0.455. The van der Waals surface area contributed by atoms with Crippen molar-refractivity contribution >= 4 is 11.9 Å². The van der Waals surface area contributed by atoms with Crippen molar-refractivity contribution in [2.24, 2.45) is 0 Å². The van der Waals surface area contributed by atoms with Crippen LogP contribution in [0.5, 0.6) is 0 Å². The highest BCUT2D eigenvalue weighted by molar-refractivity contribution is 5.83. The molecule has 1 aromatic rings. The number of nitriles is 1. The minimum absolute atomic E-state index is 0.113. The van der Waals surface area contributed by atoms with E-state index < -0.39 is 6.04 Å². The van der Waals surface area contributed by atoms with Crippen LogP contribution in [0.1, 0.15) is 26.0 Å². The van der Waals surface area contributed by atoms with E-state index in [-0.39, 0.29) is 17.5 Å². The van der Waals surface area contributed by atoms with Gasteiger partial charge in [-0.15, -0.1) is 0 Å². The molecule has 0 bridgehead atoms. The molecular formula is C11H15N5O. The van der Waals surface area contributed by atoms with Crippen LogP contribution in [0.2, 0.25) is 0 Å². The van der Waals surface area contributed by atoms with Crippen LogP contribution < -0.4 is 10.6 Å². The Hall–Kier alpha value is -2.16. The van der Waals surface area contributed by atoms with Crippen LogP contribution in [0.15, 0.2) is 12.3 Å². The largest absolute Gasteiger partial charge is 0.354 e. The van der Waals surface area contributed by atoms with Crippen molar-refractivity contribution in [3.63, 3.8) is 0 Å². The third-order valence-electron chi connectivity index (χ3n) is 2.06. The molecule has 1 heterocycles. The van der Waals surface area contributed by atoms with Gasteiger partial charge in [0.1, 0.15) is 17.8 Å². The summed E-state index contributed by atoms with van der Waals surface area (Å²) in [4.78, 5) is 19.4. The second-order valence-electron chi connectivity index (χ2n) is 3.53. The molecule has 1 unspecified atom stereocenters. The SMILES string of the molecule is CCCNC(=O)C(C)Nc1nccc(C#N)n1. The predicted molar refractivity (Wildman–Crippen MR) is 63.1 cm³/mol. The Morgan fingerprint density at radius 3 is 3.06 bits per heavy atom. The van der Waals surface area contributed by atoms with Gasteiger partial charge in [-0.25, -0.2) is 9.97 Å². The summed E-state index contributed by atoms with van der Waals surface area (Å²) in [5, 5.41) is 14.3. The Morgan fingerprint density at radius 2 is 2.41 bits per heavy atom. The molecule has 1 aromatic heterocycles. The summed E-state index contributed by atoms with van der Waals surface area (Å²) >= 11 is 0. The number of aromatic nitrogens is 2. The van der Waals surface area contributed by atoms with Gasteiger partial charge in [0.2, 0.25) is 11.9 Å². The third-order valence-corrected chi connectivity index (χ3v) is 2.06. The van der Waals surface area contributed by atoms with E-state index in [4.69, 9.17) is 5.26 Å². The van der Waals surface area contributed by atoms with Crippen molar-refractivity contribution in [1.82, 2.24) is 15.3 Å². The van der Waals surface area contributed by atoms with Crippen molar-refractivity contribution in [2.45, 2.75) is 26.3 Å². The van der Waals surface area contributed by atoms with Crippen molar-refractivity contribution in [1.29, 1.82) is 5.26 Å². The molecule has 17 heavy (non-hydrogen) atoms. The molecule has 0 aromatic carbocycles. The van der Waals surface area contributed by atoms with E-state index in [1.807, 2.05) is 13.0 Å². The molecule has 0 aliphatic heterocycles. The Bertz CT molecular complexity index is 426. The van der Waals surface area contributed by atoms with Gasteiger partial charge in [0, 0.05) is 12.7 Å². The average Bonchev–Trinajstić information content (AvgIpc) is 2.36. The van der Waals surface area contributed by atoms with E-state index in [0.29, 0.717) is 6.54 Å². The smallest absolute Gasteiger partial charge is 0.242 e. The number of hydrogen-bond acceptors (Lipinski definition) is 5. The molecule has 0 saturated heterocycles. The van der Waals surface area contributed by atoms with Gasteiger partial charge in [0.25, 0.3) is 0 Å². The molecule has 0 aliphatic rings. The quantitative estimate of drug-likeness (QED) is 0.780. The lowest BCUT2D eigenvalue weighted by atomic mass is 10.3. The number of rotatable bonds is 5. The molecule has 0 fully saturated rings. The lowest BCUT2D eigenvalue weighted by molar-refractivity contribution is -0.121. The normalized spacial score (nSPS) is 11.4. The van der Waals surface area contributed by atoms with Gasteiger partial charge in [-0.3, -0.25) is 4.79 Å². The first-order chi connectivity index (χ1) is 8.17. The molecule has 1 atom stereocenters. The van der Waals surface area contributed by atoms with Gasteiger partial charge in [-0.2, -0.15) is 5.26 Å². The van der Waals surface area contributed by atoms with Crippen LogP contribution in [0.3, 0.4) is 0 Å². The van der Waals surface area contributed by atoms with Gasteiger partial charge in [0.15, 0.2) is 0 Å². The van der Waals surface area contributed by atoms with E-state index in [1.54, 1.807) is 6.92 Å². The molecular weight excluding hydrogens is 218 g/mol. The van der Waals surface area contributed by atoms with E-state index in [9.17, 15) is 4.79 Å². The number of nitrogens with zero attached hydrogens (tertiary/aromatic N) is 3. The molecule has 0 spiro atoms. The highest BCUT2D eigenvalue weighted by Gasteiger charge is 2.12. The maximum absolute atomic E-state index is 11.6. The Kier molecular flexibility index (Phi) is 4.88. The topological polar surface area (TPSA) is 90.7 Å². The van der Waals surface area contributed by atoms with Crippen LogP contribution in [0, 0.1) is 11.3 Å². The third kappa shape index (κ3) is 4.07. The van der Waals surface area contributed by atoms with Gasteiger partial charge < -0.3 is 10.6 Å². The van der Waals surface area contributed by atoms with Crippen LogP contribution in [0.4, 0.5) is 5.95 Å². The number of hydrogen-bond donors (Lipinski definition) is 2. The molecule has 2 N–H and O–H groups in total. The lowest BCUT2D eigenvalue weighted by Crippen LogP contribution is -2.38. The highest BCUT2D eigenvalue weighted by atomic mass is 16.2. The van der Waals surface area contributed by atoms with Crippen molar-refractivity contribution in [2.75, 3.05) is 11.9 Å². The summed E-state index contributed by atoms with van der Waals surface area (Å²) in [6.07, 6.45) is 2.36. The fourth-order valence-corrected chi connectivity index (χ4v) is 1.15. The monoisotopic (exact) mass is 233 g/mol. The highest BCUT2D eigenvalue weighted by Crippen LogP contribution is 2.01. The van der Waals surface area contributed by atoms with Gasteiger partial charge >= 0.3 is 0 Å². The van der Waals surface area contributed by atoms with Gasteiger partial charge in [0.05, 0.1) is 0 Å². The first-order valence-electron chi connectivity index (χ1n) is 5.44. The first-order valence-corrected chi connectivity index (χ1v) is 5.44. The van der Waals surface area contributed by atoms with Crippen molar-refractivity contribution in [3.8, 4) is 6.07 Å². The average molecular weight is 233 g/mol. The zero-order chi connectivity index (χ0) is 12.7. The van der Waals surface area contributed by atoms with Gasteiger partial charge in [-0.1, -0.05) is 6.92 Å². The van der Waals surface area contributed by atoms with Gasteiger partial charge in [-0.05, 0) is 19.4 Å². The fourth-order valence-electron chi connectivity index (χ4n) is 1.15. The predicted octanol–water partition coefficient (Wildman–Crippen LogP) is 0.675. The number of nitrogens with one attached hydrogen (secondary N) is 2. The van der Waals surface area contributed by atoms with Crippen LogP contribution in [-0.2, 0) is 4.79 Å². The maximum Gasteiger partial charge on any atom is 0.242 e. The minimum atomic E-state index is -0.435. The summed E-state index contributed by atoms with van der Waals surface area (Å²) in [5.74, 6) is 0.168. The summed E-state index contributed by atoms with van der Waals surface area (Å²) in [6.45, 7) is 4.34. The Labute approximate surface area is 100 Å². The van der Waals surface area contributed by atoms with Crippen LogP contribution in [0.25, 0.3) is 0 Å². The molecule has 0 aliphatic carbocycles. The molecule has 6 nitrogen and oxygen atoms in total. The van der Waals surface area contributed by atoms with Crippen LogP contribution >= 0.6 is 0 Å². The molecule has 1 rings (SSSR count). The van der Waals surface area contributed by atoms with Crippen molar-refractivity contribution < 1.29 is 4.79 Å². The Balaban J connectivity index is 2.58. The zero-order valence-corrected chi connectivity index (χ0v) is 9.90. The summed E-state index contributed by atoms with van der Waals surface area (Å²) in [7, 11) is 0. The first kappa shape index (κ1) is 12.9. The van der Waals surface area contributed by atoms with Crippen LogP contribution in [-0.4, -0.2) is 28.5 Å². The van der Waals surface area contributed by atoms with Crippen molar-refractivity contribution in [3.05, 3.63) is 18.0 Å². The summed E-state index contributed by atoms with van der Waals surface area (Å²) in [5.41, 5.74) is 0.267. The second-order valence-corrected chi connectivity index (χ2v) is 3.53. The number of anilines is 1. The number of carbonyl (C=O) groups is 1. The molecule has 0 radical (unpaired) electrons. The molecule has 90 valence electrons. The standard InChI is InChI=1S/C11H15N5O/c1-3-5-13-10(17)8(2)15-11-14-6-4-9(7-12)16-11/h4,6,8H,3,5H2,1-2H3,(H,13,17)(H,14,15,16). The summed E-state index contributed by atoms with van der Waals surface area (Å²) < 4.78 is 0. The van der Waals surface area contributed by atoms with E-state index >= 15 is 0 Å². The van der Waals surface area contributed by atoms with E-state index in [0.717, 1.165) is 6.42 Å². The number of carbonyl (C=O) groups excluding carboxylic acids is 1. The van der Waals surface area contributed by atoms with E-state index in [1.165, 1.54) is 12.3 Å².